The normalized spacial score (nSPS) is 10.0. The number of carbonyl (C=O) groups is 2. The number of rotatable bonds is 9. The van der Waals surface area contributed by atoms with Crippen molar-refractivity contribution in [3.8, 4) is 5.75 Å². The molecule has 3 rings (SSSR count). The highest BCUT2D eigenvalue weighted by atomic mass is 16.6. The second-order valence-electron chi connectivity index (χ2n) is 6.37. The monoisotopic (exact) mass is 468 g/mol. The molecule has 0 saturated heterocycles. The zero-order chi connectivity index (χ0) is 24.7. The van der Waals surface area contributed by atoms with Crippen LogP contribution < -0.4 is 26.4 Å². The van der Waals surface area contributed by atoms with Crippen LogP contribution in [-0.2, 0) is 0 Å². The summed E-state index contributed by atoms with van der Waals surface area (Å²) in [6.07, 6.45) is 0.967. The molecular formula is C19H16N8O7. The molecule has 0 fully saturated rings. The summed E-state index contributed by atoms with van der Waals surface area (Å²) in [5.41, 5.74) is 8.59. The van der Waals surface area contributed by atoms with Crippen molar-refractivity contribution in [2.24, 2.45) is 0 Å². The van der Waals surface area contributed by atoms with Gasteiger partial charge in [0.2, 0.25) is 11.6 Å². The number of methoxy groups -OCH3 is 1. The SMILES string of the molecule is COc1ccc(C(=O)NNc2ncnc(NNC(=O)c3ccc([N+](=O)[O-])cc3)c2[N+](=O)[O-])cc1. The van der Waals surface area contributed by atoms with Crippen molar-refractivity contribution in [1.29, 1.82) is 0 Å². The van der Waals surface area contributed by atoms with Crippen molar-refractivity contribution in [1.82, 2.24) is 20.8 Å². The Bertz CT molecular complexity index is 1230. The summed E-state index contributed by atoms with van der Waals surface area (Å²) in [6.45, 7) is 0. The molecule has 0 aliphatic carbocycles. The van der Waals surface area contributed by atoms with Crippen LogP contribution in [0.15, 0.2) is 54.9 Å². The number of hydrazine groups is 2. The molecular weight excluding hydrogens is 452 g/mol. The molecule has 0 unspecified atom stereocenters. The van der Waals surface area contributed by atoms with Crippen LogP contribution in [0.1, 0.15) is 20.7 Å². The quantitative estimate of drug-likeness (QED) is 0.263. The number of aromatic nitrogens is 2. The van der Waals surface area contributed by atoms with Crippen molar-refractivity contribution in [2.75, 3.05) is 18.0 Å². The highest BCUT2D eigenvalue weighted by molar-refractivity contribution is 5.96. The number of anilines is 2. The number of non-ortho nitro benzene ring substituents is 1. The van der Waals surface area contributed by atoms with Crippen LogP contribution in [0, 0.1) is 20.2 Å². The molecule has 0 spiro atoms. The van der Waals surface area contributed by atoms with E-state index in [2.05, 4.69) is 31.7 Å². The van der Waals surface area contributed by atoms with Gasteiger partial charge in [-0.3, -0.25) is 51.5 Å². The van der Waals surface area contributed by atoms with Gasteiger partial charge in [0.15, 0.2) is 0 Å². The minimum atomic E-state index is -0.817. The maximum absolute atomic E-state index is 12.3. The topological polar surface area (TPSA) is 204 Å². The van der Waals surface area contributed by atoms with E-state index < -0.39 is 27.3 Å². The van der Waals surface area contributed by atoms with Crippen molar-refractivity contribution in [2.45, 2.75) is 0 Å². The van der Waals surface area contributed by atoms with E-state index in [9.17, 15) is 29.8 Å². The smallest absolute Gasteiger partial charge is 0.356 e. The van der Waals surface area contributed by atoms with E-state index in [0.717, 1.165) is 18.5 Å². The molecule has 34 heavy (non-hydrogen) atoms. The van der Waals surface area contributed by atoms with Gasteiger partial charge in [-0.05, 0) is 36.4 Å². The summed E-state index contributed by atoms with van der Waals surface area (Å²) in [6, 6.07) is 10.8. The fourth-order valence-electron chi connectivity index (χ4n) is 2.59. The molecule has 174 valence electrons. The van der Waals surface area contributed by atoms with Crippen molar-refractivity contribution in [3.05, 3.63) is 86.2 Å². The third-order valence-corrected chi connectivity index (χ3v) is 4.29. The molecule has 1 heterocycles. The van der Waals surface area contributed by atoms with Gasteiger partial charge in [0.25, 0.3) is 17.5 Å². The van der Waals surface area contributed by atoms with Crippen LogP contribution in [0.2, 0.25) is 0 Å². The summed E-state index contributed by atoms with van der Waals surface area (Å²) in [7, 11) is 1.48. The number of nitrogens with zero attached hydrogens (tertiary/aromatic N) is 4. The second kappa shape index (κ2) is 10.3. The molecule has 0 bridgehead atoms. The lowest BCUT2D eigenvalue weighted by Crippen LogP contribution is -2.32. The van der Waals surface area contributed by atoms with Gasteiger partial charge in [-0.25, -0.2) is 9.97 Å². The zero-order valence-electron chi connectivity index (χ0n) is 17.3. The van der Waals surface area contributed by atoms with Gasteiger partial charge >= 0.3 is 5.69 Å². The first-order valence-electron chi connectivity index (χ1n) is 9.30. The number of nitro groups is 2. The molecule has 4 N–H and O–H groups in total. The van der Waals surface area contributed by atoms with Crippen molar-refractivity contribution in [3.63, 3.8) is 0 Å². The highest BCUT2D eigenvalue weighted by Gasteiger charge is 2.24. The van der Waals surface area contributed by atoms with Crippen LogP contribution in [0.25, 0.3) is 0 Å². The number of hydrogen-bond donors (Lipinski definition) is 4. The molecule has 0 aliphatic rings. The van der Waals surface area contributed by atoms with Crippen LogP contribution >= 0.6 is 0 Å². The van der Waals surface area contributed by atoms with Crippen molar-refractivity contribution < 1.29 is 24.2 Å². The maximum atomic E-state index is 12.3. The van der Waals surface area contributed by atoms with Crippen LogP contribution in [-0.4, -0.2) is 38.7 Å². The number of nitro benzene ring substituents is 1. The maximum Gasteiger partial charge on any atom is 0.356 e. The molecule has 3 aromatic rings. The van der Waals surface area contributed by atoms with Gasteiger partial charge in [-0.1, -0.05) is 0 Å². The minimum absolute atomic E-state index is 0.0555. The fraction of sp³-hybridized carbons (Fsp3) is 0.0526. The van der Waals surface area contributed by atoms with Gasteiger partial charge in [0, 0.05) is 23.3 Å². The van der Waals surface area contributed by atoms with Gasteiger partial charge in [0.05, 0.1) is 17.0 Å². The predicted octanol–water partition coefficient (Wildman–Crippen LogP) is 1.82. The number of benzene rings is 2. The number of ether oxygens (including phenoxy) is 1. The standard InChI is InChI=1S/C19H16N8O7/c1-34-14-8-4-12(5-9-14)19(29)25-23-17-15(27(32)33)16(20-10-21-17)22-24-18(28)11-2-6-13(7-3-11)26(30)31/h2-10H,1H3,(H,24,28)(H,25,29)(H2,20,21,22,23). The van der Waals surface area contributed by atoms with Gasteiger partial charge in [-0.2, -0.15) is 0 Å². The number of nitrogens with one attached hydrogen (secondary N) is 4. The summed E-state index contributed by atoms with van der Waals surface area (Å²) < 4.78 is 5.01. The lowest BCUT2D eigenvalue weighted by Gasteiger charge is -2.11. The number of carbonyl (C=O) groups excluding carboxylic acids is 2. The summed E-state index contributed by atoms with van der Waals surface area (Å²) in [5.74, 6) is -1.52. The third kappa shape index (κ3) is 5.47. The predicted molar refractivity (Wildman–Crippen MR) is 117 cm³/mol. The van der Waals surface area contributed by atoms with Gasteiger partial charge in [0.1, 0.15) is 12.1 Å². The minimum Gasteiger partial charge on any atom is -0.497 e. The Hall–Kier alpha value is -5.34. The highest BCUT2D eigenvalue weighted by Crippen LogP contribution is 2.28. The second-order valence-corrected chi connectivity index (χ2v) is 6.37. The van der Waals surface area contributed by atoms with E-state index in [4.69, 9.17) is 4.74 Å². The number of amides is 2. The Balaban J connectivity index is 1.70. The Morgan fingerprint density at radius 1 is 0.794 bits per heavy atom. The average molecular weight is 468 g/mol. The van der Waals surface area contributed by atoms with E-state index in [1.54, 1.807) is 12.1 Å². The van der Waals surface area contributed by atoms with Crippen LogP contribution in [0.4, 0.5) is 23.0 Å². The average Bonchev–Trinajstić information content (AvgIpc) is 2.85. The van der Waals surface area contributed by atoms with E-state index >= 15 is 0 Å². The first kappa shape index (κ1) is 23.3. The Labute approximate surface area is 190 Å². The zero-order valence-corrected chi connectivity index (χ0v) is 17.3. The lowest BCUT2D eigenvalue weighted by molar-refractivity contribution is -0.384. The van der Waals surface area contributed by atoms with Crippen LogP contribution in [0.3, 0.4) is 0 Å². The fourth-order valence-corrected chi connectivity index (χ4v) is 2.59. The molecule has 2 aromatic carbocycles. The molecule has 15 heteroatoms. The summed E-state index contributed by atoms with van der Waals surface area (Å²) in [5, 5.41) is 22.3. The van der Waals surface area contributed by atoms with E-state index in [1.807, 2.05) is 0 Å². The van der Waals surface area contributed by atoms with E-state index in [0.29, 0.717) is 5.75 Å². The molecule has 15 nitrogen and oxygen atoms in total. The Morgan fingerprint density at radius 3 is 1.68 bits per heavy atom. The molecule has 0 radical (unpaired) electrons. The molecule has 0 atom stereocenters. The van der Waals surface area contributed by atoms with Crippen molar-refractivity contribution >= 4 is 34.8 Å². The third-order valence-electron chi connectivity index (χ3n) is 4.29. The van der Waals surface area contributed by atoms with Gasteiger partial charge < -0.3 is 4.74 Å². The summed E-state index contributed by atoms with van der Waals surface area (Å²) >= 11 is 0. The Kier molecular flexibility index (Phi) is 7.08. The Morgan fingerprint density at radius 2 is 1.26 bits per heavy atom. The molecule has 0 saturated carbocycles. The van der Waals surface area contributed by atoms with Crippen LogP contribution in [0.5, 0.6) is 5.75 Å². The molecule has 1 aromatic heterocycles. The largest absolute Gasteiger partial charge is 0.497 e. The molecule has 0 aliphatic heterocycles. The molecule has 2 amide bonds. The first-order chi connectivity index (χ1) is 16.3. The van der Waals surface area contributed by atoms with Gasteiger partial charge in [-0.15, -0.1) is 0 Å². The van der Waals surface area contributed by atoms with E-state index in [-0.39, 0.29) is 28.5 Å². The summed E-state index contributed by atoms with van der Waals surface area (Å²) in [4.78, 5) is 52.9. The van der Waals surface area contributed by atoms with E-state index in [1.165, 1.54) is 31.4 Å². The lowest BCUT2D eigenvalue weighted by atomic mass is 10.2. The number of hydrogen-bond acceptors (Lipinski definition) is 11. The first-order valence-corrected chi connectivity index (χ1v) is 9.30.